The Morgan fingerprint density at radius 3 is 3.06 bits per heavy atom. The van der Waals surface area contributed by atoms with E-state index in [0.717, 1.165) is 43.1 Å². The van der Waals surface area contributed by atoms with Crippen molar-refractivity contribution in [3.05, 3.63) is 28.8 Å². The quantitative estimate of drug-likeness (QED) is 0.470. The Balaban J connectivity index is 1.93. The molecular formula is C13H19N3OS. The average molecular weight is 265 g/mol. The highest BCUT2D eigenvalue weighted by molar-refractivity contribution is 7.16. The van der Waals surface area contributed by atoms with Crippen LogP contribution in [0.4, 0.5) is 5.13 Å². The highest BCUT2D eigenvalue weighted by Crippen LogP contribution is 2.28. The smallest absolute Gasteiger partial charge is 0.200 e. The highest BCUT2D eigenvalue weighted by atomic mass is 32.1. The number of hydrogen-bond acceptors (Lipinski definition) is 5. The van der Waals surface area contributed by atoms with Gasteiger partial charge in [-0.3, -0.25) is 5.01 Å². The van der Waals surface area contributed by atoms with Gasteiger partial charge in [0, 0.05) is 19.6 Å². The molecule has 1 aliphatic carbocycles. The summed E-state index contributed by atoms with van der Waals surface area (Å²) in [6.07, 6.45) is 12.0. The normalized spacial score (nSPS) is 13.4. The van der Waals surface area contributed by atoms with Crippen LogP contribution in [0.1, 0.15) is 29.8 Å². The third-order valence-electron chi connectivity index (χ3n) is 2.83. The number of aliphatic hydroxyl groups is 1. The van der Waals surface area contributed by atoms with Gasteiger partial charge < -0.3 is 5.11 Å². The molecule has 0 saturated carbocycles. The molecular weight excluding hydrogens is 246 g/mol. The lowest BCUT2D eigenvalue weighted by Gasteiger charge is -2.14. The van der Waals surface area contributed by atoms with E-state index in [1.807, 2.05) is 12.2 Å². The van der Waals surface area contributed by atoms with Crippen molar-refractivity contribution in [1.82, 2.24) is 4.98 Å². The Morgan fingerprint density at radius 2 is 2.22 bits per heavy atom. The lowest BCUT2D eigenvalue weighted by Crippen LogP contribution is -2.31. The second kappa shape index (κ2) is 6.68. The lowest BCUT2D eigenvalue weighted by molar-refractivity contribution is 0.283. The minimum absolute atomic E-state index is 0.257. The average Bonchev–Trinajstić information content (AvgIpc) is 2.66. The third-order valence-corrected chi connectivity index (χ3v) is 3.93. The molecule has 0 aromatic carbocycles. The first kappa shape index (κ1) is 13.3. The summed E-state index contributed by atoms with van der Waals surface area (Å²) < 4.78 is 0. The number of nitrogens with two attached hydrogens (primary N) is 1. The number of aromatic nitrogens is 1. The molecule has 3 N–H and O–H groups in total. The van der Waals surface area contributed by atoms with Gasteiger partial charge in [-0.05, 0) is 25.3 Å². The molecule has 98 valence electrons. The first-order chi connectivity index (χ1) is 8.81. The number of thiazole rings is 1. The van der Waals surface area contributed by atoms with E-state index in [1.165, 1.54) is 4.88 Å². The van der Waals surface area contributed by atoms with Crippen LogP contribution in [0, 0.1) is 0 Å². The van der Waals surface area contributed by atoms with E-state index in [1.54, 1.807) is 16.3 Å². The van der Waals surface area contributed by atoms with Gasteiger partial charge in [0.1, 0.15) is 0 Å². The summed E-state index contributed by atoms with van der Waals surface area (Å²) in [6, 6.07) is 0. The fourth-order valence-electron chi connectivity index (χ4n) is 1.82. The molecule has 0 atom stereocenters. The Kier molecular flexibility index (Phi) is 4.92. The summed E-state index contributed by atoms with van der Waals surface area (Å²) >= 11 is 1.63. The molecule has 1 aliphatic rings. The van der Waals surface area contributed by atoms with Crippen LogP contribution in [-0.4, -0.2) is 23.2 Å². The van der Waals surface area contributed by atoms with E-state index in [2.05, 4.69) is 17.1 Å². The number of fused-ring (bicyclic) bond motifs is 1. The van der Waals surface area contributed by atoms with E-state index in [9.17, 15) is 0 Å². The van der Waals surface area contributed by atoms with Crippen molar-refractivity contribution in [2.45, 2.75) is 25.7 Å². The molecule has 5 heteroatoms. The van der Waals surface area contributed by atoms with Gasteiger partial charge in [-0.25, -0.2) is 10.8 Å². The van der Waals surface area contributed by atoms with Gasteiger partial charge in [-0.1, -0.05) is 29.6 Å². The molecule has 0 saturated heterocycles. The van der Waals surface area contributed by atoms with Crippen molar-refractivity contribution in [3.8, 4) is 0 Å². The Morgan fingerprint density at radius 1 is 1.33 bits per heavy atom. The Bertz CT molecular complexity index is 439. The van der Waals surface area contributed by atoms with Crippen molar-refractivity contribution < 1.29 is 5.11 Å². The summed E-state index contributed by atoms with van der Waals surface area (Å²) in [4.78, 5) is 5.77. The van der Waals surface area contributed by atoms with Crippen LogP contribution in [-0.2, 0) is 6.42 Å². The highest BCUT2D eigenvalue weighted by Gasteiger charge is 2.12. The van der Waals surface area contributed by atoms with Crippen LogP contribution in [0.25, 0.3) is 6.08 Å². The first-order valence-electron chi connectivity index (χ1n) is 6.27. The zero-order chi connectivity index (χ0) is 12.8. The maximum atomic E-state index is 8.72. The number of hydrogen-bond donors (Lipinski definition) is 2. The fraction of sp³-hybridized carbons (Fsp3) is 0.462. The van der Waals surface area contributed by atoms with E-state index in [0.29, 0.717) is 0 Å². The summed E-state index contributed by atoms with van der Waals surface area (Å²) in [5, 5.41) is 11.3. The lowest BCUT2D eigenvalue weighted by atomic mass is 10.2. The van der Waals surface area contributed by atoms with Gasteiger partial charge in [0.15, 0.2) is 5.13 Å². The van der Waals surface area contributed by atoms with Gasteiger partial charge >= 0.3 is 0 Å². The van der Waals surface area contributed by atoms with Crippen LogP contribution < -0.4 is 10.9 Å². The van der Waals surface area contributed by atoms with Crippen molar-refractivity contribution in [3.63, 3.8) is 0 Å². The maximum absolute atomic E-state index is 8.72. The zero-order valence-corrected chi connectivity index (χ0v) is 11.2. The number of aliphatic hydroxyl groups excluding tert-OH is 1. The molecule has 0 unspecified atom stereocenters. The minimum Gasteiger partial charge on any atom is -0.396 e. The molecule has 4 nitrogen and oxygen atoms in total. The second-order valence-electron chi connectivity index (χ2n) is 4.28. The van der Waals surface area contributed by atoms with Crippen molar-refractivity contribution in [1.29, 1.82) is 0 Å². The molecule has 0 amide bonds. The van der Waals surface area contributed by atoms with Crippen molar-refractivity contribution in [2.75, 3.05) is 18.2 Å². The number of nitrogens with zero attached hydrogens (tertiary/aromatic N) is 2. The molecule has 0 spiro atoms. The van der Waals surface area contributed by atoms with Gasteiger partial charge in [-0.15, -0.1) is 0 Å². The molecule has 18 heavy (non-hydrogen) atoms. The molecule has 0 bridgehead atoms. The number of rotatable bonds is 6. The van der Waals surface area contributed by atoms with Crippen LogP contribution in [0.5, 0.6) is 0 Å². The summed E-state index contributed by atoms with van der Waals surface area (Å²) in [5.74, 6) is 6.00. The molecule has 0 aliphatic heterocycles. The Labute approximate surface area is 111 Å². The molecule has 1 aromatic heterocycles. The van der Waals surface area contributed by atoms with E-state index >= 15 is 0 Å². The van der Waals surface area contributed by atoms with E-state index < -0.39 is 0 Å². The predicted octanol–water partition coefficient (Wildman–Crippen LogP) is 2.11. The van der Waals surface area contributed by atoms with Crippen LogP contribution in [0.3, 0.4) is 0 Å². The maximum Gasteiger partial charge on any atom is 0.200 e. The number of unbranched alkanes of at least 4 members (excludes halogenated alkanes) is 2. The van der Waals surface area contributed by atoms with E-state index in [-0.39, 0.29) is 6.61 Å². The SMILES string of the molecule is NN(CCCCCO)c1nc2c(s1)C=CC=CC2. The second-order valence-corrected chi connectivity index (χ2v) is 5.29. The van der Waals surface area contributed by atoms with Crippen LogP contribution in [0.2, 0.25) is 0 Å². The number of allylic oxidation sites excluding steroid dienone is 3. The van der Waals surface area contributed by atoms with Gasteiger partial charge in [0.25, 0.3) is 0 Å². The van der Waals surface area contributed by atoms with Crippen LogP contribution >= 0.6 is 11.3 Å². The standard InChI is InChI=1S/C13H19N3OS/c14-16(9-5-2-6-10-17)13-15-11-7-3-1-4-8-12(11)18-13/h1,3-4,8,17H,2,5-7,9-10,14H2. The van der Waals surface area contributed by atoms with Crippen molar-refractivity contribution in [2.24, 2.45) is 5.84 Å². The van der Waals surface area contributed by atoms with E-state index in [4.69, 9.17) is 10.9 Å². The molecule has 2 rings (SSSR count). The summed E-state index contributed by atoms with van der Waals surface area (Å²) in [7, 11) is 0. The van der Waals surface area contributed by atoms with Gasteiger partial charge in [0.2, 0.25) is 0 Å². The topological polar surface area (TPSA) is 62.4 Å². The molecule has 0 radical (unpaired) electrons. The number of hydrazine groups is 1. The third kappa shape index (κ3) is 3.41. The molecule has 0 fully saturated rings. The van der Waals surface area contributed by atoms with Gasteiger partial charge in [0.05, 0.1) is 10.6 Å². The summed E-state index contributed by atoms with van der Waals surface area (Å²) in [5.41, 5.74) is 1.10. The molecule has 1 heterocycles. The predicted molar refractivity (Wildman–Crippen MR) is 76.5 cm³/mol. The fourth-order valence-corrected chi connectivity index (χ4v) is 2.77. The van der Waals surface area contributed by atoms with Crippen LogP contribution in [0.15, 0.2) is 18.2 Å². The van der Waals surface area contributed by atoms with Crippen molar-refractivity contribution >= 4 is 22.5 Å². The molecule has 1 aromatic rings. The summed E-state index contributed by atoms with van der Waals surface area (Å²) in [6.45, 7) is 1.04. The zero-order valence-electron chi connectivity index (χ0n) is 10.4. The first-order valence-corrected chi connectivity index (χ1v) is 7.09. The monoisotopic (exact) mass is 265 g/mol. The Hall–Kier alpha value is -1.17. The minimum atomic E-state index is 0.257. The largest absolute Gasteiger partial charge is 0.396 e. The van der Waals surface area contributed by atoms with Gasteiger partial charge in [-0.2, -0.15) is 0 Å². The number of anilines is 1.